The molecule has 0 radical (unpaired) electrons. The van der Waals surface area contributed by atoms with Gasteiger partial charge in [-0.15, -0.1) is 0 Å². The SMILES string of the molecule is CCCCCCCCCCCn1ccnc1C(C(C)C)C(C)(Cc1ccccc1)c1ccccc1. The van der Waals surface area contributed by atoms with Gasteiger partial charge in [-0.25, -0.2) is 4.98 Å². The van der Waals surface area contributed by atoms with E-state index in [0.29, 0.717) is 11.8 Å². The molecule has 1 aromatic heterocycles. The van der Waals surface area contributed by atoms with Crippen molar-refractivity contribution in [1.82, 2.24) is 9.55 Å². The van der Waals surface area contributed by atoms with Crippen molar-refractivity contribution in [2.75, 3.05) is 0 Å². The van der Waals surface area contributed by atoms with Gasteiger partial charge in [0.1, 0.15) is 5.82 Å². The average molecular weight is 473 g/mol. The van der Waals surface area contributed by atoms with E-state index in [2.05, 4.69) is 99.1 Å². The van der Waals surface area contributed by atoms with Gasteiger partial charge in [0.05, 0.1) is 0 Å². The minimum atomic E-state index is -0.0433. The van der Waals surface area contributed by atoms with Gasteiger partial charge in [-0.05, 0) is 29.9 Å². The number of hydrogen-bond donors (Lipinski definition) is 0. The van der Waals surface area contributed by atoms with Crippen LogP contribution in [-0.4, -0.2) is 9.55 Å². The molecule has 0 aliphatic rings. The summed E-state index contributed by atoms with van der Waals surface area (Å²) < 4.78 is 2.46. The molecule has 190 valence electrons. The lowest BCUT2D eigenvalue weighted by Gasteiger charge is -2.41. The Morgan fingerprint density at radius 2 is 1.34 bits per heavy atom. The quantitative estimate of drug-likeness (QED) is 0.190. The lowest BCUT2D eigenvalue weighted by Crippen LogP contribution is -2.37. The molecule has 0 saturated carbocycles. The van der Waals surface area contributed by atoms with Gasteiger partial charge in [0.2, 0.25) is 0 Å². The van der Waals surface area contributed by atoms with Crippen LogP contribution in [0, 0.1) is 5.92 Å². The highest BCUT2D eigenvalue weighted by molar-refractivity contribution is 5.33. The number of hydrogen-bond acceptors (Lipinski definition) is 1. The predicted octanol–water partition coefficient (Wildman–Crippen LogP) is 9.35. The van der Waals surface area contributed by atoms with Crippen molar-refractivity contribution in [3.05, 3.63) is 90.0 Å². The maximum Gasteiger partial charge on any atom is 0.112 e. The van der Waals surface area contributed by atoms with Gasteiger partial charge in [0.25, 0.3) is 0 Å². The number of benzene rings is 2. The van der Waals surface area contributed by atoms with E-state index >= 15 is 0 Å². The molecule has 0 fully saturated rings. The van der Waals surface area contributed by atoms with Crippen molar-refractivity contribution in [2.24, 2.45) is 5.92 Å². The van der Waals surface area contributed by atoms with Crippen LogP contribution in [0.1, 0.15) is 108 Å². The van der Waals surface area contributed by atoms with E-state index in [4.69, 9.17) is 4.98 Å². The van der Waals surface area contributed by atoms with Gasteiger partial charge in [-0.2, -0.15) is 0 Å². The van der Waals surface area contributed by atoms with Crippen LogP contribution in [0.3, 0.4) is 0 Å². The summed E-state index contributed by atoms with van der Waals surface area (Å²) in [6.45, 7) is 10.6. The molecular formula is C33H48N2. The highest BCUT2D eigenvalue weighted by atomic mass is 15.1. The van der Waals surface area contributed by atoms with Crippen molar-refractivity contribution in [3.8, 4) is 0 Å². The summed E-state index contributed by atoms with van der Waals surface area (Å²) in [4.78, 5) is 4.99. The van der Waals surface area contributed by atoms with E-state index in [0.717, 1.165) is 13.0 Å². The first-order chi connectivity index (χ1) is 17.1. The van der Waals surface area contributed by atoms with Crippen molar-refractivity contribution in [2.45, 2.75) is 110 Å². The number of unbranched alkanes of at least 4 members (excludes halogenated alkanes) is 8. The Morgan fingerprint density at radius 1 is 0.771 bits per heavy atom. The number of aromatic nitrogens is 2. The molecule has 2 aromatic carbocycles. The summed E-state index contributed by atoms with van der Waals surface area (Å²) in [5.41, 5.74) is 2.75. The zero-order chi connectivity index (χ0) is 24.9. The molecule has 2 unspecified atom stereocenters. The predicted molar refractivity (Wildman–Crippen MR) is 151 cm³/mol. The molecule has 0 aliphatic heterocycles. The molecule has 0 amide bonds. The van der Waals surface area contributed by atoms with E-state index in [1.54, 1.807) is 0 Å². The highest BCUT2D eigenvalue weighted by Crippen LogP contribution is 2.45. The van der Waals surface area contributed by atoms with Crippen molar-refractivity contribution in [1.29, 1.82) is 0 Å². The number of aryl methyl sites for hydroxylation is 1. The van der Waals surface area contributed by atoms with Crippen LogP contribution in [0.15, 0.2) is 73.1 Å². The maximum absolute atomic E-state index is 4.99. The van der Waals surface area contributed by atoms with Gasteiger partial charge in [-0.3, -0.25) is 0 Å². The van der Waals surface area contributed by atoms with Crippen LogP contribution in [0.4, 0.5) is 0 Å². The molecule has 35 heavy (non-hydrogen) atoms. The topological polar surface area (TPSA) is 17.8 Å². The third kappa shape index (κ3) is 7.82. The van der Waals surface area contributed by atoms with Gasteiger partial charge >= 0.3 is 0 Å². The fraction of sp³-hybridized carbons (Fsp3) is 0.545. The summed E-state index contributed by atoms with van der Waals surface area (Å²) in [6.07, 6.45) is 17.5. The van der Waals surface area contributed by atoms with E-state index in [-0.39, 0.29) is 5.41 Å². The van der Waals surface area contributed by atoms with Gasteiger partial charge in [-0.1, -0.05) is 140 Å². The normalized spacial score (nSPS) is 14.2. The van der Waals surface area contributed by atoms with E-state index < -0.39 is 0 Å². The minimum Gasteiger partial charge on any atom is -0.335 e. The lowest BCUT2D eigenvalue weighted by atomic mass is 9.64. The van der Waals surface area contributed by atoms with E-state index in [9.17, 15) is 0 Å². The zero-order valence-electron chi connectivity index (χ0n) is 22.8. The van der Waals surface area contributed by atoms with Crippen LogP contribution in [0.2, 0.25) is 0 Å². The maximum atomic E-state index is 4.99. The Morgan fingerprint density at radius 3 is 1.94 bits per heavy atom. The second-order valence-electron chi connectivity index (χ2n) is 11.0. The minimum absolute atomic E-state index is 0.0433. The van der Waals surface area contributed by atoms with E-state index in [1.807, 2.05) is 6.20 Å². The molecule has 0 bridgehead atoms. The number of rotatable bonds is 16. The molecule has 0 spiro atoms. The third-order valence-corrected chi connectivity index (χ3v) is 7.73. The molecule has 0 N–H and O–H groups in total. The summed E-state index contributed by atoms with van der Waals surface area (Å²) >= 11 is 0. The monoisotopic (exact) mass is 472 g/mol. The second-order valence-corrected chi connectivity index (χ2v) is 11.0. The molecule has 1 heterocycles. The van der Waals surface area contributed by atoms with Crippen LogP contribution < -0.4 is 0 Å². The Bertz CT molecular complexity index is 943. The molecule has 3 aromatic rings. The fourth-order valence-corrected chi connectivity index (χ4v) is 5.93. The Balaban J connectivity index is 1.73. The Labute approximate surface area is 215 Å². The third-order valence-electron chi connectivity index (χ3n) is 7.73. The van der Waals surface area contributed by atoms with Crippen molar-refractivity contribution < 1.29 is 0 Å². The average Bonchev–Trinajstić information content (AvgIpc) is 3.31. The summed E-state index contributed by atoms with van der Waals surface area (Å²) in [5, 5.41) is 0. The first-order valence-electron chi connectivity index (χ1n) is 14.2. The summed E-state index contributed by atoms with van der Waals surface area (Å²) in [5.74, 6) is 2.06. The molecule has 2 atom stereocenters. The van der Waals surface area contributed by atoms with Crippen molar-refractivity contribution >= 4 is 0 Å². The molecule has 0 aliphatic carbocycles. The zero-order valence-corrected chi connectivity index (χ0v) is 22.8. The molecule has 0 saturated heterocycles. The van der Waals surface area contributed by atoms with Crippen LogP contribution in [-0.2, 0) is 18.4 Å². The van der Waals surface area contributed by atoms with Crippen molar-refractivity contribution in [3.63, 3.8) is 0 Å². The Hall–Kier alpha value is -2.35. The molecular weight excluding hydrogens is 424 g/mol. The largest absolute Gasteiger partial charge is 0.335 e. The highest BCUT2D eigenvalue weighted by Gasteiger charge is 2.41. The fourth-order valence-electron chi connectivity index (χ4n) is 5.93. The van der Waals surface area contributed by atoms with Crippen LogP contribution in [0.5, 0.6) is 0 Å². The first kappa shape index (κ1) is 27.2. The summed E-state index contributed by atoms with van der Waals surface area (Å²) in [6, 6.07) is 22.1. The van der Waals surface area contributed by atoms with Crippen LogP contribution >= 0.6 is 0 Å². The van der Waals surface area contributed by atoms with Crippen LogP contribution in [0.25, 0.3) is 0 Å². The van der Waals surface area contributed by atoms with E-state index in [1.165, 1.54) is 74.7 Å². The molecule has 3 rings (SSSR count). The Kier molecular flexibility index (Phi) is 11.1. The number of imidazole rings is 1. The molecule has 2 heteroatoms. The first-order valence-corrected chi connectivity index (χ1v) is 14.2. The number of nitrogens with zero attached hydrogens (tertiary/aromatic N) is 2. The lowest BCUT2D eigenvalue weighted by molar-refractivity contribution is 0.281. The van der Waals surface area contributed by atoms with Gasteiger partial charge < -0.3 is 4.57 Å². The summed E-state index contributed by atoms with van der Waals surface area (Å²) in [7, 11) is 0. The van der Waals surface area contributed by atoms with Gasteiger partial charge in [0, 0.05) is 30.3 Å². The molecule has 2 nitrogen and oxygen atoms in total. The van der Waals surface area contributed by atoms with Gasteiger partial charge in [0.15, 0.2) is 0 Å². The second kappa shape index (κ2) is 14.3. The smallest absolute Gasteiger partial charge is 0.112 e. The standard InChI is InChI=1S/C33H48N2/c1-5-6-7-8-9-10-11-12-19-25-35-26-24-34-32(35)31(28(2)3)33(4,30-22-17-14-18-23-30)27-29-20-15-13-16-21-29/h13-18,20-24,26,28,31H,5-12,19,25,27H2,1-4H3.